The molecular weight excluding hydrogens is 303 g/mol. The molecule has 1 aliphatic heterocycles. The van der Waals surface area contributed by atoms with Crippen LogP contribution in [0.3, 0.4) is 0 Å². The summed E-state index contributed by atoms with van der Waals surface area (Å²) in [6, 6.07) is 7.89. The maximum absolute atomic E-state index is 11.9. The van der Waals surface area contributed by atoms with Crippen LogP contribution in [-0.2, 0) is 10.5 Å². The number of likely N-dealkylation sites (tertiary alicyclic amines) is 1. The molecule has 3 nitrogen and oxygen atoms in total. The lowest BCUT2D eigenvalue weighted by Gasteiger charge is -2.15. The number of carbonyl (C=O) groups is 1. The molecule has 2 rings (SSSR count). The van der Waals surface area contributed by atoms with Gasteiger partial charge in [0.25, 0.3) is 0 Å². The van der Waals surface area contributed by atoms with Crippen LogP contribution in [0.1, 0.15) is 12.0 Å². The lowest BCUT2D eigenvalue weighted by atomic mass is 10.2. The molecule has 1 aromatic rings. The number of nitrogens with zero attached hydrogens (tertiary/aromatic N) is 1. The van der Waals surface area contributed by atoms with Gasteiger partial charge in [-0.3, -0.25) is 4.79 Å². The molecule has 0 aliphatic carbocycles. The Labute approximate surface area is 129 Å². The molecule has 1 aliphatic rings. The van der Waals surface area contributed by atoms with Crippen LogP contribution in [0.2, 0.25) is 5.02 Å². The number of benzene rings is 1. The Morgan fingerprint density at radius 3 is 2.68 bits per heavy atom. The van der Waals surface area contributed by atoms with Crippen LogP contribution in [0, 0.1) is 0 Å². The zero-order valence-corrected chi connectivity index (χ0v) is 12.9. The zero-order chi connectivity index (χ0) is 13.0. The molecule has 0 spiro atoms. The number of thioether (sulfide) groups is 1. The fourth-order valence-electron chi connectivity index (χ4n) is 1.94. The number of nitrogens with two attached hydrogens (primary N) is 1. The minimum absolute atomic E-state index is 0. The van der Waals surface area contributed by atoms with Crippen LogP contribution in [0.25, 0.3) is 0 Å². The van der Waals surface area contributed by atoms with Gasteiger partial charge in [0, 0.05) is 29.9 Å². The van der Waals surface area contributed by atoms with Crippen molar-refractivity contribution in [3.05, 3.63) is 34.9 Å². The number of hydrogen-bond donors (Lipinski definition) is 1. The molecule has 0 bridgehead atoms. The smallest absolute Gasteiger partial charge is 0.232 e. The third-order valence-corrected chi connectivity index (χ3v) is 4.23. The molecule has 0 radical (unpaired) electrons. The largest absolute Gasteiger partial charge is 0.340 e. The van der Waals surface area contributed by atoms with Crippen molar-refractivity contribution in [2.24, 2.45) is 5.73 Å². The monoisotopic (exact) mass is 320 g/mol. The van der Waals surface area contributed by atoms with Crippen LogP contribution < -0.4 is 5.73 Å². The topological polar surface area (TPSA) is 46.3 Å². The molecule has 1 aromatic carbocycles. The van der Waals surface area contributed by atoms with E-state index in [-0.39, 0.29) is 24.4 Å². The van der Waals surface area contributed by atoms with Crippen molar-refractivity contribution in [2.45, 2.75) is 18.2 Å². The molecule has 6 heteroatoms. The van der Waals surface area contributed by atoms with Gasteiger partial charge in [-0.1, -0.05) is 23.7 Å². The second-order valence-corrected chi connectivity index (χ2v) is 5.93. The van der Waals surface area contributed by atoms with E-state index in [1.165, 1.54) is 5.56 Å². The number of hydrogen-bond acceptors (Lipinski definition) is 3. The summed E-state index contributed by atoms with van der Waals surface area (Å²) in [6.07, 6.45) is 0.924. The lowest BCUT2D eigenvalue weighted by Crippen LogP contribution is -2.33. The molecule has 0 saturated carbocycles. The van der Waals surface area contributed by atoms with Crippen molar-refractivity contribution in [1.29, 1.82) is 0 Å². The second-order valence-electron chi connectivity index (χ2n) is 4.51. The summed E-state index contributed by atoms with van der Waals surface area (Å²) in [6.45, 7) is 1.52. The van der Waals surface area contributed by atoms with Gasteiger partial charge >= 0.3 is 0 Å². The van der Waals surface area contributed by atoms with E-state index in [0.717, 1.165) is 23.7 Å². The van der Waals surface area contributed by atoms with E-state index < -0.39 is 0 Å². The van der Waals surface area contributed by atoms with Crippen molar-refractivity contribution < 1.29 is 4.79 Å². The van der Waals surface area contributed by atoms with Gasteiger partial charge in [0.1, 0.15) is 0 Å². The van der Waals surface area contributed by atoms with E-state index in [4.69, 9.17) is 17.3 Å². The number of amides is 1. The maximum Gasteiger partial charge on any atom is 0.232 e. The Hall–Kier alpha value is -0.420. The normalized spacial score (nSPS) is 18.2. The van der Waals surface area contributed by atoms with E-state index in [9.17, 15) is 4.79 Å². The molecule has 1 fully saturated rings. The third-order valence-electron chi connectivity index (χ3n) is 2.98. The maximum atomic E-state index is 11.9. The zero-order valence-electron chi connectivity index (χ0n) is 10.5. The SMILES string of the molecule is Cl.N[C@@H]1CCN(C(=O)CSCc2ccc(Cl)cc2)C1. The average molecular weight is 321 g/mol. The minimum atomic E-state index is 0. The predicted molar refractivity (Wildman–Crippen MR) is 84.0 cm³/mol. The molecule has 0 unspecified atom stereocenters. The summed E-state index contributed by atoms with van der Waals surface area (Å²) in [7, 11) is 0. The number of carbonyl (C=O) groups excluding carboxylic acids is 1. The van der Waals surface area contributed by atoms with Gasteiger partial charge in [-0.15, -0.1) is 24.2 Å². The molecule has 0 aromatic heterocycles. The van der Waals surface area contributed by atoms with E-state index >= 15 is 0 Å². The Kier molecular flexibility index (Phi) is 7.00. The van der Waals surface area contributed by atoms with Crippen molar-refractivity contribution in [2.75, 3.05) is 18.8 Å². The van der Waals surface area contributed by atoms with Gasteiger partial charge in [0.2, 0.25) is 5.91 Å². The molecule has 1 atom stereocenters. The Morgan fingerprint density at radius 2 is 2.11 bits per heavy atom. The van der Waals surface area contributed by atoms with Gasteiger partial charge in [0.15, 0.2) is 0 Å². The van der Waals surface area contributed by atoms with Crippen LogP contribution in [0.5, 0.6) is 0 Å². The van der Waals surface area contributed by atoms with E-state index in [0.29, 0.717) is 12.3 Å². The lowest BCUT2D eigenvalue weighted by molar-refractivity contribution is -0.127. The fourth-order valence-corrected chi connectivity index (χ4v) is 2.96. The molecule has 106 valence electrons. The highest BCUT2D eigenvalue weighted by molar-refractivity contribution is 7.99. The average Bonchev–Trinajstić information content (AvgIpc) is 2.78. The third kappa shape index (κ3) is 5.22. The van der Waals surface area contributed by atoms with Crippen LogP contribution >= 0.6 is 35.8 Å². The summed E-state index contributed by atoms with van der Waals surface area (Å²) in [4.78, 5) is 13.7. The summed E-state index contributed by atoms with van der Waals surface area (Å²) in [5, 5.41) is 0.742. The Bertz CT molecular complexity index is 414. The predicted octanol–water partition coefficient (Wildman–Crippen LogP) is 2.55. The van der Waals surface area contributed by atoms with Crippen LogP contribution in [0.15, 0.2) is 24.3 Å². The van der Waals surface area contributed by atoms with E-state index in [1.807, 2.05) is 29.2 Å². The van der Waals surface area contributed by atoms with Gasteiger partial charge < -0.3 is 10.6 Å². The highest BCUT2D eigenvalue weighted by atomic mass is 35.5. The van der Waals surface area contributed by atoms with Gasteiger partial charge in [-0.25, -0.2) is 0 Å². The van der Waals surface area contributed by atoms with Gasteiger partial charge in [-0.2, -0.15) is 0 Å². The van der Waals surface area contributed by atoms with Crippen LogP contribution in [0.4, 0.5) is 0 Å². The number of rotatable bonds is 4. The first-order valence-corrected chi connectivity index (χ1v) is 7.54. The first-order valence-electron chi connectivity index (χ1n) is 6.00. The van der Waals surface area contributed by atoms with Crippen molar-refractivity contribution in [3.63, 3.8) is 0 Å². The second kappa shape index (κ2) is 8.00. The van der Waals surface area contributed by atoms with Crippen LogP contribution in [-0.4, -0.2) is 35.7 Å². The highest BCUT2D eigenvalue weighted by Gasteiger charge is 2.22. The first kappa shape index (κ1) is 16.6. The summed E-state index contributed by atoms with van der Waals surface area (Å²) < 4.78 is 0. The molecule has 1 saturated heterocycles. The number of halogens is 2. The summed E-state index contributed by atoms with van der Waals surface area (Å²) >= 11 is 7.45. The van der Waals surface area contributed by atoms with E-state index in [1.54, 1.807) is 11.8 Å². The van der Waals surface area contributed by atoms with Gasteiger partial charge in [-0.05, 0) is 24.1 Å². The molecule has 1 amide bonds. The minimum Gasteiger partial charge on any atom is -0.340 e. The summed E-state index contributed by atoms with van der Waals surface area (Å²) in [5.41, 5.74) is 6.97. The highest BCUT2D eigenvalue weighted by Crippen LogP contribution is 2.17. The van der Waals surface area contributed by atoms with Crippen molar-refractivity contribution in [1.82, 2.24) is 4.90 Å². The molecule has 2 N–H and O–H groups in total. The quantitative estimate of drug-likeness (QED) is 0.927. The first-order chi connectivity index (χ1) is 8.65. The van der Waals surface area contributed by atoms with E-state index in [2.05, 4.69) is 0 Å². The van der Waals surface area contributed by atoms with Crippen molar-refractivity contribution >= 4 is 41.7 Å². The van der Waals surface area contributed by atoms with Crippen molar-refractivity contribution in [3.8, 4) is 0 Å². The summed E-state index contributed by atoms with van der Waals surface area (Å²) in [5.74, 6) is 1.56. The molecule has 1 heterocycles. The molecule has 19 heavy (non-hydrogen) atoms. The molecular formula is C13H18Cl2N2OS. The fraction of sp³-hybridized carbons (Fsp3) is 0.462. The standard InChI is InChI=1S/C13H17ClN2OS.ClH/c14-11-3-1-10(2-4-11)8-18-9-13(17)16-6-5-12(15)7-16;/h1-4,12H,5-9,15H2;1H/t12-;/m1./s1. The Balaban J connectivity index is 0.00000180. The van der Waals surface area contributed by atoms with Gasteiger partial charge in [0.05, 0.1) is 5.75 Å². The Morgan fingerprint density at radius 1 is 1.42 bits per heavy atom.